The van der Waals surface area contributed by atoms with Crippen LogP contribution in [0.2, 0.25) is 0 Å². The fourth-order valence-electron chi connectivity index (χ4n) is 2.55. The normalized spacial score (nSPS) is 35.0. The molecule has 2 aliphatic heterocycles. The first-order valence-corrected chi connectivity index (χ1v) is 6.38. The van der Waals surface area contributed by atoms with E-state index in [1.807, 2.05) is 0 Å². The van der Waals surface area contributed by atoms with Crippen molar-refractivity contribution in [2.45, 2.75) is 32.2 Å². The Bertz CT molecular complexity index is 180. The summed E-state index contributed by atoms with van der Waals surface area (Å²) in [7, 11) is 0. The highest BCUT2D eigenvalue weighted by molar-refractivity contribution is 4.76. The van der Waals surface area contributed by atoms with Gasteiger partial charge in [-0.1, -0.05) is 6.92 Å². The summed E-state index contributed by atoms with van der Waals surface area (Å²) in [6.07, 6.45) is 4.15. The Kier molecular flexibility index (Phi) is 4.42. The van der Waals surface area contributed by atoms with Crippen molar-refractivity contribution in [2.24, 2.45) is 5.92 Å². The zero-order chi connectivity index (χ0) is 10.5. The van der Waals surface area contributed by atoms with Crippen LogP contribution in [0.4, 0.5) is 0 Å². The minimum atomic E-state index is 0.562. The van der Waals surface area contributed by atoms with E-state index in [2.05, 4.69) is 17.1 Å². The molecule has 3 nitrogen and oxygen atoms in total. The first-order valence-electron chi connectivity index (χ1n) is 6.38. The van der Waals surface area contributed by atoms with E-state index in [1.54, 1.807) is 0 Å². The Morgan fingerprint density at radius 3 is 3.07 bits per heavy atom. The van der Waals surface area contributed by atoms with Gasteiger partial charge in [-0.25, -0.2) is 0 Å². The van der Waals surface area contributed by atoms with Crippen molar-refractivity contribution in [1.29, 1.82) is 0 Å². The van der Waals surface area contributed by atoms with Gasteiger partial charge in [-0.15, -0.1) is 0 Å². The van der Waals surface area contributed by atoms with Crippen LogP contribution < -0.4 is 5.32 Å². The van der Waals surface area contributed by atoms with E-state index in [9.17, 15) is 0 Å². The van der Waals surface area contributed by atoms with E-state index in [0.717, 1.165) is 25.7 Å². The van der Waals surface area contributed by atoms with Gasteiger partial charge < -0.3 is 15.0 Å². The molecule has 0 amide bonds. The van der Waals surface area contributed by atoms with Gasteiger partial charge in [0, 0.05) is 19.1 Å². The second-order valence-corrected chi connectivity index (χ2v) is 5.06. The fraction of sp³-hybridized carbons (Fsp3) is 1.00. The summed E-state index contributed by atoms with van der Waals surface area (Å²) in [5, 5.41) is 3.53. The summed E-state index contributed by atoms with van der Waals surface area (Å²) in [6.45, 7) is 8.91. The molecule has 0 saturated carbocycles. The van der Waals surface area contributed by atoms with Crippen LogP contribution in [0.3, 0.4) is 0 Å². The Labute approximate surface area is 93.2 Å². The highest BCUT2D eigenvalue weighted by atomic mass is 16.5. The predicted octanol–water partition coefficient (Wildman–Crippen LogP) is 1.10. The molecule has 2 saturated heterocycles. The minimum Gasteiger partial charge on any atom is -0.378 e. The molecule has 0 aliphatic carbocycles. The fourth-order valence-corrected chi connectivity index (χ4v) is 2.55. The second-order valence-electron chi connectivity index (χ2n) is 5.06. The van der Waals surface area contributed by atoms with Crippen molar-refractivity contribution in [3.05, 3.63) is 0 Å². The summed E-state index contributed by atoms with van der Waals surface area (Å²) < 4.78 is 5.49. The lowest BCUT2D eigenvalue weighted by Gasteiger charge is -2.29. The molecule has 2 heterocycles. The number of hydrogen-bond donors (Lipinski definition) is 1. The van der Waals surface area contributed by atoms with Crippen LogP contribution in [-0.2, 0) is 4.74 Å². The van der Waals surface area contributed by atoms with Gasteiger partial charge in [0.05, 0.1) is 13.2 Å². The van der Waals surface area contributed by atoms with Gasteiger partial charge in [0.2, 0.25) is 0 Å². The molecule has 2 unspecified atom stereocenters. The van der Waals surface area contributed by atoms with Gasteiger partial charge in [0.25, 0.3) is 0 Å². The number of ether oxygens (including phenoxy) is 1. The number of rotatable bonds is 2. The van der Waals surface area contributed by atoms with E-state index in [1.165, 1.54) is 38.9 Å². The SMILES string of the molecule is CC1CCCN(CC2COCCN2)CC1. The average Bonchev–Trinajstić information content (AvgIpc) is 2.46. The molecular weight excluding hydrogens is 188 g/mol. The molecule has 2 fully saturated rings. The number of nitrogens with one attached hydrogen (secondary N) is 1. The monoisotopic (exact) mass is 212 g/mol. The molecule has 0 aromatic heterocycles. The first-order chi connectivity index (χ1) is 7.34. The third-order valence-corrected chi connectivity index (χ3v) is 3.59. The van der Waals surface area contributed by atoms with Crippen molar-refractivity contribution in [3.8, 4) is 0 Å². The standard InChI is InChI=1S/C12H24N2O/c1-11-3-2-6-14(7-4-11)9-12-10-15-8-5-13-12/h11-13H,2-10H2,1H3. The summed E-state index contributed by atoms with van der Waals surface area (Å²) in [5.41, 5.74) is 0. The molecule has 0 spiro atoms. The minimum absolute atomic E-state index is 0.562. The third kappa shape index (κ3) is 3.74. The van der Waals surface area contributed by atoms with Crippen molar-refractivity contribution in [1.82, 2.24) is 10.2 Å². The molecule has 2 aliphatic rings. The van der Waals surface area contributed by atoms with Gasteiger partial charge in [-0.3, -0.25) is 0 Å². The first kappa shape index (κ1) is 11.4. The lowest BCUT2D eigenvalue weighted by molar-refractivity contribution is 0.0622. The summed E-state index contributed by atoms with van der Waals surface area (Å²) >= 11 is 0. The summed E-state index contributed by atoms with van der Waals surface area (Å²) in [6, 6.07) is 0.562. The third-order valence-electron chi connectivity index (χ3n) is 3.59. The van der Waals surface area contributed by atoms with Crippen molar-refractivity contribution >= 4 is 0 Å². The number of morpholine rings is 1. The molecule has 2 atom stereocenters. The number of likely N-dealkylation sites (tertiary alicyclic amines) is 1. The Hall–Kier alpha value is -0.120. The molecule has 3 heteroatoms. The largest absolute Gasteiger partial charge is 0.378 e. The highest BCUT2D eigenvalue weighted by Crippen LogP contribution is 2.16. The summed E-state index contributed by atoms with van der Waals surface area (Å²) in [5.74, 6) is 0.922. The van der Waals surface area contributed by atoms with Crippen LogP contribution >= 0.6 is 0 Å². The zero-order valence-electron chi connectivity index (χ0n) is 9.87. The molecule has 0 aromatic rings. The molecular formula is C12H24N2O. The van der Waals surface area contributed by atoms with E-state index in [4.69, 9.17) is 4.74 Å². The molecule has 0 radical (unpaired) electrons. The maximum absolute atomic E-state index is 5.49. The van der Waals surface area contributed by atoms with Gasteiger partial charge in [-0.2, -0.15) is 0 Å². The predicted molar refractivity (Wildman–Crippen MR) is 62.1 cm³/mol. The van der Waals surface area contributed by atoms with E-state index < -0.39 is 0 Å². The van der Waals surface area contributed by atoms with Crippen molar-refractivity contribution in [3.63, 3.8) is 0 Å². The van der Waals surface area contributed by atoms with Crippen molar-refractivity contribution < 1.29 is 4.74 Å². The van der Waals surface area contributed by atoms with Crippen LogP contribution in [0, 0.1) is 5.92 Å². The molecule has 0 aromatic carbocycles. The smallest absolute Gasteiger partial charge is 0.0632 e. The van der Waals surface area contributed by atoms with Crippen LogP contribution in [0.25, 0.3) is 0 Å². The molecule has 15 heavy (non-hydrogen) atoms. The molecule has 2 rings (SSSR count). The lowest BCUT2D eigenvalue weighted by Crippen LogP contribution is -2.48. The zero-order valence-corrected chi connectivity index (χ0v) is 9.87. The van der Waals surface area contributed by atoms with Crippen LogP contribution in [0.1, 0.15) is 26.2 Å². The number of hydrogen-bond acceptors (Lipinski definition) is 3. The highest BCUT2D eigenvalue weighted by Gasteiger charge is 2.19. The second kappa shape index (κ2) is 5.83. The van der Waals surface area contributed by atoms with Crippen LogP contribution in [0.15, 0.2) is 0 Å². The topological polar surface area (TPSA) is 24.5 Å². The lowest BCUT2D eigenvalue weighted by atomic mass is 10.0. The number of nitrogens with zero attached hydrogens (tertiary/aromatic N) is 1. The van der Waals surface area contributed by atoms with Gasteiger partial charge in [0.1, 0.15) is 0 Å². The molecule has 0 bridgehead atoms. The molecule has 88 valence electrons. The Balaban J connectivity index is 1.72. The van der Waals surface area contributed by atoms with E-state index in [0.29, 0.717) is 6.04 Å². The van der Waals surface area contributed by atoms with Crippen LogP contribution in [-0.4, -0.2) is 50.3 Å². The van der Waals surface area contributed by atoms with Gasteiger partial charge >= 0.3 is 0 Å². The maximum atomic E-state index is 5.49. The van der Waals surface area contributed by atoms with Gasteiger partial charge in [0.15, 0.2) is 0 Å². The quantitative estimate of drug-likeness (QED) is 0.742. The Morgan fingerprint density at radius 1 is 1.33 bits per heavy atom. The van der Waals surface area contributed by atoms with E-state index >= 15 is 0 Å². The average molecular weight is 212 g/mol. The van der Waals surface area contributed by atoms with Crippen molar-refractivity contribution in [2.75, 3.05) is 39.4 Å². The Morgan fingerprint density at radius 2 is 2.27 bits per heavy atom. The van der Waals surface area contributed by atoms with E-state index in [-0.39, 0.29) is 0 Å². The summed E-state index contributed by atoms with van der Waals surface area (Å²) in [4.78, 5) is 2.61. The van der Waals surface area contributed by atoms with Crippen LogP contribution in [0.5, 0.6) is 0 Å². The molecule has 1 N–H and O–H groups in total. The van der Waals surface area contributed by atoms with Gasteiger partial charge in [-0.05, 0) is 38.3 Å². The maximum Gasteiger partial charge on any atom is 0.0632 e.